The summed E-state index contributed by atoms with van der Waals surface area (Å²) in [6, 6.07) is 16.9. The first-order valence-electron chi connectivity index (χ1n) is 12.8. The molecular weight excluding hydrogens is 455 g/mol. The third kappa shape index (κ3) is 6.87. The molecule has 36 heavy (non-hydrogen) atoms. The molecule has 0 saturated carbocycles. The minimum Gasteiger partial charge on any atom is -0.389 e. The molecule has 6 nitrogen and oxygen atoms in total. The van der Waals surface area contributed by atoms with Gasteiger partial charge in [-0.25, -0.2) is 14.4 Å². The molecule has 0 radical (unpaired) electrons. The van der Waals surface area contributed by atoms with E-state index in [1.54, 1.807) is 6.07 Å². The van der Waals surface area contributed by atoms with Crippen LogP contribution >= 0.6 is 0 Å². The Balaban J connectivity index is 1.52. The normalized spacial score (nSPS) is 15.4. The highest BCUT2D eigenvalue weighted by molar-refractivity contribution is 5.61. The summed E-state index contributed by atoms with van der Waals surface area (Å²) in [7, 11) is 0. The molecule has 1 unspecified atom stereocenters. The number of aryl methyl sites for hydroxylation is 1. The van der Waals surface area contributed by atoms with Crippen molar-refractivity contribution in [2.24, 2.45) is 5.92 Å². The van der Waals surface area contributed by atoms with Gasteiger partial charge >= 0.3 is 0 Å². The van der Waals surface area contributed by atoms with Crippen LogP contribution in [-0.4, -0.2) is 72.0 Å². The number of aromatic nitrogens is 2. The molecule has 2 aromatic carbocycles. The van der Waals surface area contributed by atoms with Crippen LogP contribution in [0.4, 0.5) is 10.2 Å². The Labute approximate surface area is 213 Å². The summed E-state index contributed by atoms with van der Waals surface area (Å²) in [4.78, 5) is 14.3. The van der Waals surface area contributed by atoms with Crippen molar-refractivity contribution in [2.45, 2.75) is 33.3 Å². The molecule has 1 saturated heterocycles. The predicted molar refractivity (Wildman–Crippen MR) is 142 cm³/mol. The maximum absolute atomic E-state index is 14.5. The Bertz CT molecular complexity index is 1120. The number of halogens is 1. The Morgan fingerprint density at radius 3 is 2.33 bits per heavy atom. The van der Waals surface area contributed by atoms with Crippen LogP contribution in [0.15, 0.2) is 54.6 Å². The van der Waals surface area contributed by atoms with Crippen LogP contribution in [0.3, 0.4) is 0 Å². The Morgan fingerprint density at radius 1 is 0.944 bits per heavy atom. The molecule has 0 aliphatic carbocycles. The van der Waals surface area contributed by atoms with Crippen LogP contribution in [-0.2, 0) is 11.2 Å². The standard InChI is InChI=1S/C29H37FN4O2/c1-21(2)19-36-20-25(35)18-33-13-15-34(16-14-33)29-26(17-24-11-7-8-12-27(24)30)22(3)31-28(32-29)23-9-5-4-6-10-23/h4-12,21,25,35H,13-20H2,1-3H3. The van der Waals surface area contributed by atoms with E-state index >= 15 is 0 Å². The Hall–Kier alpha value is -2.87. The van der Waals surface area contributed by atoms with Crippen molar-refractivity contribution < 1.29 is 14.2 Å². The molecule has 192 valence electrons. The number of hydrogen-bond donors (Lipinski definition) is 1. The summed E-state index contributed by atoms with van der Waals surface area (Å²) in [6.07, 6.45) is -0.0624. The number of piperazine rings is 1. The third-order valence-electron chi connectivity index (χ3n) is 6.45. The first kappa shape index (κ1) is 26.2. The van der Waals surface area contributed by atoms with Crippen LogP contribution in [0.1, 0.15) is 30.7 Å². The van der Waals surface area contributed by atoms with Crippen LogP contribution in [0.5, 0.6) is 0 Å². The van der Waals surface area contributed by atoms with Crippen molar-refractivity contribution in [2.75, 3.05) is 50.8 Å². The molecular formula is C29H37FN4O2. The fourth-order valence-corrected chi connectivity index (χ4v) is 4.53. The van der Waals surface area contributed by atoms with Gasteiger partial charge in [-0.1, -0.05) is 62.4 Å². The maximum Gasteiger partial charge on any atom is 0.161 e. The highest BCUT2D eigenvalue weighted by atomic mass is 19.1. The molecule has 1 aliphatic rings. The highest BCUT2D eigenvalue weighted by Crippen LogP contribution is 2.29. The first-order valence-corrected chi connectivity index (χ1v) is 12.8. The lowest BCUT2D eigenvalue weighted by Gasteiger charge is -2.37. The SMILES string of the molecule is Cc1nc(-c2ccccc2)nc(N2CCN(CC(O)COCC(C)C)CC2)c1Cc1ccccc1F. The lowest BCUT2D eigenvalue weighted by Crippen LogP contribution is -2.49. The monoisotopic (exact) mass is 492 g/mol. The second-order valence-corrected chi connectivity index (χ2v) is 9.94. The molecule has 1 atom stereocenters. The van der Waals surface area contributed by atoms with Crippen molar-refractivity contribution >= 4 is 5.82 Å². The summed E-state index contributed by atoms with van der Waals surface area (Å²) in [5, 5.41) is 10.4. The van der Waals surface area contributed by atoms with Crippen LogP contribution in [0.2, 0.25) is 0 Å². The van der Waals surface area contributed by atoms with E-state index in [0.717, 1.165) is 48.8 Å². The number of ether oxygens (including phenoxy) is 1. The van der Waals surface area contributed by atoms with Gasteiger partial charge < -0.3 is 14.7 Å². The number of anilines is 1. The zero-order valence-electron chi connectivity index (χ0n) is 21.5. The predicted octanol–water partition coefficient (Wildman–Crippen LogP) is 4.34. The third-order valence-corrected chi connectivity index (χ3v) is 6.45. The number of benzene rings is 2. The average Bonchev–Trinajstić information content (AvgIpc) is 2.87. The second-order valence-electron chi connectivity index (χ2n) is 9.94. The number of aliphatic hydroxyl groups is 1. The van der Waals surface area contributed by atoms with Gasteiger partial charge in [0.15, 0.2) is 5.82 Å². The van der Waals surface area contributed by atoms with Gasteiger partial charge in [0.2, 0.25) is 0 Å². The van der Waals surface area contributed by atoms with Gasteiger partial charge in [-0.2, -0.15) is 0 Å². The molecule has 1 aliphatic heterocycles. The van der Waals surface area contributed by atoms with Crippen LogP contribution in [0.25, 0.3) is 11.4 Å². The number of nitrogens with zero attached hydrogens (tertiary/aromatic N) is 4. The van der Waals surface area contributed by atoms with Crippen LogP contribution < -0.4 is 4.90 Å². The van der Waals surface area contributed by atoms with Gasteiger partial charge in [-0.15, -0.1) is 0 Å². The van der Waals surface area contributed by atoms with E-state index in [-0.39, 0.29) is 5.82 Å². The van der Waals surface area contributed by atoms with Crippen molar-refractivity contribution in [1.82, 2.24) is 14.9 Å². The van der Waals surface area contributed by atoms with Crippen molar-refractivity contribution in [1.29, 1.82) is 0 Å². The summed E-state index contributed by atoms with van der Waals surface area (Å²) >= 11 is 0. The topological polar surface area (TPSA) is 61.7 Å². The highest BCUT2D eigenvalue weighted by Gasteiger charge is 2.24. The summed E-state index contributed by atoms with van der Waals surface area (Å²) < 4.78 is 20.1. The summed E-state index contributed by atoms with van der Waals surface area (Å²) in [6.45, 7) is 11.0. The number of hydrogen-bond acceptors (Lipinski definition) is 6. The fourth-order valence-electron chi connectivity index (χ4n) is 4.53. The summed E-state index contributed by atoms with van der Waals surface area (Å²) in [5.41, 5.74) is 3.42. The number of rotatable bonds is 10. The Morgan fingerprint density at radius 2 is 1.64 bits per heavy atom. The molecule has 0 bridgehead atoms. The zero-order valence-corrected chi connectivity index (χ0v) is 21.5. The minimum absolute atomic E-state index is 0.214. The van der Waals surface area contributed by atoms with E-state index in [4.69, 9.17) is 14.7 Å². The van der Waals surface area contributed by atoms with E-state index < -0.39 is 6.10 Å². The van der Waals surface area contributed by atoms with E-state index in [2.05, 4.69) is 23.6 Å². The molecule has 1 aromatic heterocycles. The maximum atomic E-state index is 14.5. The molecule has 3 aromatic rings. The molecule has 0 spiro atoms. The van der Waals surface area contributed by atoms with E-state index in [0.29, 0.717) is 43.5 Å². The molecule has 4 rings (SSSR count). The van der Waals surface area contributed by atoms with Crippen molar-refractivity contribution in [3.63, 3.8) is 0 Å². The number of β-amino-alcohol motifs (C(OH)–C–C–N with tert-alkyl or cyclic N) is 1. The molecule has 2 heterocycles. The minimum atomic E-state index is -0.502. The number of aliphatic hydroxyl groups excluding tert-OH is 1. The molecule has 1 N–H and O–H groups in total. The summed E-state index contributed by atoms with van der Waals surface area (Å²) in [5.74, 6) is 1.79. The van der Waals surface area contributed by atoms with E-state index in [1.165, 1.54) is 6.07 Å². The first-order chi connectivity index (χ1) is 17.4. The second kappa shape index (κ2) is 12.4. The van der Waals surface area contributed by atoms with Gasteiger partial charge in [-0.05, 0) is 24.5 Å². The van der Waals surface area contributed by atoms with E-state index in [9.17, 15) is 9.50 Å². The molecule has 0 amide bonds. The lowest BCUT2D eigenvalue weighted by molar-refractivity contribution is 0.00745. The van der Waals surface area contributed by atoms with Gasteiger partial charge in [0, 0.05) is 62.6 Å². The average molecular weight is 493 g/mol. The van der Waals surface area contributed by atoms with E-state index in [1.807, 2.05) is 49.4 Å². The zero-order chi connectivity index (χ0) is 25.5. The van der Waals surface area contributed by atoms with Crippen molar-refractivity contribution in [3.05, 3.63) is 77.2 Å². The lowest BCUT2D eigenvalue weighted by atomic mass is 10.0. The van der Waals surface area contributed by atoms with Crippen LogP contribution in [0, 0.1) is 18.7 Å². The van der Waals surface area contributed by atoms with Gasteiger partial charge in [0.05, 0.1) is 12.7 Å². The molecule has 7 heteroatoms. The fraction of sp³-hybridized carbons (Fsp3) is 0.448. The quantitative estimate of drug-likeness (QED) is 0.454. The van der Waals surface area contributed by atoms with Gasteiger partial charge in [0.1, 0.15) is 11.6 Å². The largest absolute Gasteiger partial charge is 0.389 e. The smallest absolute Gasteiger partial charge is 0.161 e. The van der Waals surface area contributed by atoms with Gasteiger partial charge in [0.25, 0.3) is 0 Å². The Kier molecular flexibility index (Phi) is 9.02. The molecule has 1 fully saturated rings. The van der Waals surface area contributed by atoms with Crippen molar-refractivity contribution in [3.8, 4) is 11.4 Å². The van der Waals surface area contributed by atoms with Gasteiger partial charge in [-0.3, -0.25) is 4.90 Å².